The number of rotatable bonds is 5. The van der Waals surface area contributed by atoms with Crippen LogP contribution in [0, 0.1) is 5.92 Å². The van der Waals surface area contributed by atoms with Gasteiger partial charge in [-0.1, -0.05) is 13.8 Å². The number of aromatic nitrogens is 1. The van der Waals surface area contributed by atoms with Crippen molar-refractivity contribution in [2.75, 3.05) is 25.0 Å². The molecular weight excluding hydrogens is 302 g/mol. The van der Waals surface area contributed by atoms with E-state index in [0.29, 0.717) is 29.8 Å². The molecule has 1 aromatic rings. The highest BCUT2D eigenvalue weighted by molar-refractivity contribution is 7.13. The van der Waals surface area contributed by atoms with E-state index in [4.69, 9.17) is 4.74 Å². The Labute approximate surface area is 134 Å². The van der Waals surface area contributed by atoms with Crippen LogP contribution in [0.1, 0.15) is 38.8 Å². The van der Waals surface area contributed by atoms with Crippen molar-refractivity contribution in [3.8, 4) is 0 Å². The number of carbonyl (C=O) groups excluding carboxylic acids is 2. The molecule has 0 aliphatic carbocycles. The molecule has 2 rings (SSSR count). The Morgan fingerprint density at radius 1 is 1.36 bits per heavy atom. The fourth-order valence-corrected chi connectivity index (χ4v) is 2.92. The van der Waals surface area contributed by atoms with Crippen LogP contribution >= 0.6 is 11.3 Å². The fraction of sp³-hybridized carbons (Fsp3) is 0.667. The van der Waals surface area contributed by atoms with Crippen LogP contribution in [0.3, 0.4) is 0 Å². The number of hydrogen-bond donors (Lipinski definition) is 1. The number of carbonyl (C=O) groups is 2. The van der Waals surface area contributed by atoms with Crippen LogP contribution in [-0.4, -0.2) is 41.6 Å². The van der Waals surface area contributed by atoms with Gasteiger partial charge < -0.3 is 9.64 Å². The number of likely N-dealkylation sites (tertiary alicyclic amines) is 1. The summed E-state index contributed by atoms with van der Waals surface area (Å²) in [5.74, 6) is 0.402. The van der Waals surface area contributed by atoms with E-state index in [1.54, 1.807) is 5.38 Å². The molecule has 122 valence electrons. The molecule has 0 atom stereocenters. The van der Waals surface area contributed by atoms with Crippen molar-refractivity contribution in [1.82, 2.24) is 9.88 Å². The van der Waals surface area contributed by atoms with Gasteiger partial charge in [-0.3, -0.25) is 10.1 Å². The first-order valence-electron chi connectivity index (χ1n) is 7.70. The summed E-state index contributed by atoms with van der Waals surface area (Å²) >= 11 is 1.31. The molecule has 1 saturated heterocycles. The van der Waals surface area contributed by atoms with Crippen molar-refractivity contribution in [2.24, 2.45) is 5.92 Å². The van der Waals surface area contributed by atoms with Crippen LogP contribution in [0.5, 0.6) is 0 Å². The largest absolute Gasteiger partial charge is 0.449 e. The number of hydrogen-bond acceptors (Lipinski definition) is 5. The van der Waals surface area contributed by atoms with E-state index in [0.717, 1.165) is 25.9 Å². The van der Waals surface area contributed by atoms with Gasteiger partial charge in [0, 0.05) is 18.5 Å². The van der Waals surface area contributed by atoms with Gasteiger partial charge in [0.15, 0.2) is 5.13 Å². The highest BCUT2D eigenvalue weighted by Crippen LogP contribution is 2.17. The maximum absolute atomic E-state index is 12.2. The monoisotopic (exact) mass is 325 g/mol. The zero-order chi connectivity index (χ0) is 15.9. The Kier molecular flexibility index (Phi) is 6.18. The molecule has 22 heavy (non-hydrogen) atoms. The zero-order valence-electron chi connectivity index (χ0n) is 13.1. The van der Waals surface area contributed by atoms with Crippen molar-refractivity contribution in [2.45, 2.75) is 39.5 Å². The first kappa shape index (κ1) is 16.7. The van der Waals surface area contributed by atoms with E-state index in [1.807, 2.05) is 18.7 Å². The maximum atomic E-state index is 12.2. The Balaban J connectivity index is 1.80. The van der Waals surface area contributed by atoms with Gasteiger partial charge in [0.25, 0.3) is 0 Å². The number of nitrogens with one attached hydrogen (secondary N) is 1. The van der Waals surface area contributed by atoms with Crippen LogP contribution in [-0.2, 0) is 16.0 Å². The number of anilines is 1. The Bertz CT molecular complexity index is 510. The second-order valence-electron chi connectivity index (χ2n) is 5.88. The minimum atomic E-state index is -0.503. The number of amides is 2. The van der Waals surface area contributed by atoms with Gasteiger partial charge >= 0.3 is 6.09 Å². The predicted molar refractivity (Wildman–Crippen MR) is 86.1 cm³/mol. The van der Waals surface area contributed by atoms with Crippen LogP contribution in [0.2, 0.25) is 0 Å². The standard InChI is InChI=1S/C15H23N3O3S/c1-11(2)9-21-15(20)17-14-16-12(10-22-14)8-13(19)18-6-4-3-5-7-18/h10-11H,3-9H2,1-2H3,(H,16,17,20). The number of nitrogens with zero attached hydrogens (tertiary/aromatic N) is 2. The summed E-state index contributed by atoms with van der Waals surface area (Å²) < 4.78 is 5.03. The first-order chi connectivity index (χ1) is 10.5. The predicted octanol–water partition coefficient (Wildman–Crippen LogP) is 2.90. The van der Waals surface area contributed by atoms with Gasteiger partial charge in [-0.2, -0.15) is 0 Å². The lowest BCUT2D eigenvalue weighted by Gasteiger charge is -2.26. The summed E-state index contributed by atoms with van der Waals surface area (Å²) in [7, 11) is 0. The molecule has 1 aromatic heterocycles. The first-order valence-corrected chi connectivity index (χ1v) is 8.58. The zero-order valence-corrected chi connectivity index (χ0v) is 13.9. The van der Waals surface area contributed by atoms with Crippen molar-refractivity contribution in [3.63, 3.8) is 0 Å². The fourth-order valence-electron chi connectivity index (χ4n) is 2.22. The molecule has 1 aliphatic heterocycles. The van der Waals surface area contributed by atoms with E-state index in [2.05, 4.69) is 10.3 Å². The third kappa shape index (κ3) is 5.29. The number of piperidine rings is 1. The van der Waals surface area contributed by atoms with Gasteiger partial charge in [-0.25, -0.2) is 9.78 Å². The van der Waals surface area contributed by atoms with Crippen molar-refractivity contribution in [1.29, 1.82) is 0 Å². The van der Waals surface area contributed by atoms with E-state index < -0.39 is 6.09 Å². The molecular formula is C15H23N3O3S. The highest BCUT2D eigenvalue weighted by Gasteiger charge is 2.18. The molecule has 6 nitrogen and oxygen atoms in total. The van der Waals surface area contributed by atoms with E-state index >= 15 is 0 Å². The summed E-state index contributed by atoms with van der Waals surface area (Å²) in [4.78, 5) is 29.9. The number of thiazole rings is 1. The normalized spacial score (nSPS) is 15.0. The average molecular weight is 325 g/mol. The third-order valence-corrected chi connectivity index (χ3v) is 4.16. The van der Waals surface area contributed by atoms with Crippen LogP contribution in [0.4, 0.5) is 9.93 Å². The molecule has 1 fully saturated rings. The summed E-state index contributed by atoms with van der Waals surface area (Å²) in [6, 6.07) is 0. The van der Waals surface area contributed by atoms with Gasteiger partial charge in [-0.15, -0.1) is 11.3 Å². The number of ether oxygens (including phenoxy) is 1. The second-order valence-corrected chi connectivity index (χ2v) is 6.74. The third-order valence-electron chi connectivity index (χ3n) is 3.35. The lowest BCUT2D eigenvalue weighted by atomic mass is 10.1. The van der Waals surface area contributed by atoms with E-state index in [1.165, 1.54) is 17.8 Å². The summed E-state index contributed by atoms with van der Waals surface area (Å²) in [6.07, 6.45) is 3.15. The molecule has 1 N–H and O–H groups in total. The highest BCUT2D eigenvalue weighted by atomic mass is 32.1. The lowest BCUT2D eigenvalue weighted by molar-refractivity contribution is -0.131. The molecule has 0 unspecified atom stereocenters. The summed E-state index contributed by atoms with van der Waals surface area (Å²) in [5.41, 5.74) is 0.694. The summed E-state index contributed by atoms with van der Waals surface area (Å²) in [6.45, 7) is 6.00. The molecule has 0 spiro atoms. The molecule has 7 heteroatoms. The topological polar surface area (TPSA) is 71.5 Å². The van der Waals surface area contributed by atoms with Crippen molar-refractivity contribution >= 4 is 28.5 Å². The lowest BCUT2D eigenvalue weighted by Crippen LogP contribution is -2.36. The van der Waals surface area contributed by atoms with E-state index in [9.17, 15) is 9.59 Å². The molecule has 1 aliphatic rings. The smallest absolute Gasteiger partial charge is 0.413 e. The van der Waals surface area contributed by atoms with Crippen LogP contribution in [0.25, 0.3) is 0 Å². The van der Waals surface area contributed by atoms with Gasteiger partial charge in [0.2, 0.25) is 5.91 Å². The molecule has 2 amide bonds. The Hall–Kier alpha value is -1.63. The molecule has 0 radical (unpaired) electrons. The minimum Gasteiger partial charge on any atom is -0.449 e. The Morgan fingerprint density at radius 2 is 2.09 bits per heavy atom. The molecule has 0 bridgehead atoms. The Morgan fingerprint density at radius 3 is 2.77 bits per heavy atom. The molecule has 0 aromatic carbocycles. The quantitative estimate of drug-likeness (QED) is 0.903. The maximum Gasteiger partial charge on any atom is 0.413 e. The second kappa shape index (κ2) is 8.12. The molecule has 0 saturated carbocycles. The minimum absolute atomic E-state index is 0.110. The SMILES string of the molecule is CC(C)COC(=O)Nc1nc(CC(=O)N2CCCCC2)cs1. The van der Waals surface area contributed by atoms with Crippen molar-refractivity contribution < 1.29 is 14.3 Å². The van der Waals surface area contributed by atoms with Crippen LogP contribution in [0.15, 0.2) is 5.38 Å². The average Bonchev–Trinajstić information content (AvgIpc) is 2.93. The van der Waals surface area contributed by atoms with E-state index in [-0.39, 0.29) is 5.91 Å². The van der Waals surface area contributed by atoms with Crippen molar-refractivity contribution in [3.05, 3.63) is 11.1 Å². The molecule has 2 heterocycles. The van der Waals surface area contributed by atoms with Gasteiger partial charge in [0.1, 0.15) is 0 Å². The van der Waals surface area contributed by atoms with Crippen LogP contribution < -0.4 is 5.32 Å². The van der Waals surface area contributed by atoms with Gasteiger partial charge in [-0.05, 0) is 25.2 Å². The summed E-state index contributed by atoms with van der Waals surface area (Å²) in [5, 5.41) is 4.87. The van der Waals surface area contributed by atoms with Gasteiger partial charge in [0.05, 0.1) is 18.7 Å².